The quantitative estimate of drug-likeness (QED) is 0.573. The van der Waals surface area contributed by atoms with Crippen LogP contribution in [0.2, 0.25) is 0 Å². The first kappa shape index (κ1) is 18.7. The lowest BCUT2D eigenvalue weighted by molar-refractivity contribution is -0.873. The van der Waals surface area contributed by atoms with E-state index in [2.05, 4.69) is 0 Å². The van der Waals surface area contributed by atoms with Crippen LogP contribution < -0.4 is 0 Å². The molecular weight excluding hydrogens is 318 g/mol. The molecule has 5 heteroatoms. The van der Waals surface area contributed by atoms with E-state index >= 15 is 0 Å². The third-order valence-corrected chi connectivity index (χ3v) is 3.44. The Bertz CT molecular complexity index is 693. The summed E-state index contributed by atoms with van der Waals surface area (Å²) in [5, 5.41) is 0. The Morgan fingerprint density at radius 2 is 1.32 bits per heavy atom. The largest absolute Gasteiger partial charge is 0.458 e. The summed E-state index contributed by atoms with van der Waals surface area (Å²) in [4.78, 5) is 24.4. The van der Waals surface area contributed by atoms with Crippen LogP contribution in [-0.4, -0.2) is 56.8 Å². The second kappa shape index (κ2) is 8.44. The SMILES string of the molecule is C[N+](C)(C)CC(COC(=O)c1ccccc1)OC(=O)c1ccccc1. The maximum absolute atomic E-state index is 12.3. The van der Waals surface area contributed by atoms with Crippen LogP contribution in [0.4, 0.5) is 0 Å². The highest BCUT2D eigenvalue weighted by Crippen LogP contribution is 2.09. The van der Waals surface area contributed by atoms with E-state index in [0.29, 0.717) is 22.2 Å². The second-order valence-electron chi connectivity index (χ2n) is 6.83. The molecule has 1 unspecified atom stereocenters. The zero-order chi connectivity index (χ0) is 18.3. The van der Waals surface area contributed by atoms with Crippen molar-refractivity contribution in [3.8, 4) is 0 Å². The molecule has 0 radical (unpaired) electrons. The molecule has 0 saturated carbocycles. The van der Waals surface area contributed by atoms with Gasteiger partial charge in [-0.2, -0.15) is 0 Å². The molecule has 1 atom stereocenters. The first-order valence-corrected chi connectivity index (χ1v) is 8.14. The van der Waals surface area contributed by atoms with E-state index in [9.17, 15) is 9.59 Å². The molecule has 0 aliphatic carbocycles. The van der Waals surface area contributed by atoms with Crippen LogP contribution in [0.1, 0.15) is 20.7 Å². The van der Waals surface area contributed by atoms with Crippen LogP contribution in [-0.2, 0) is 9.47 Å². The van der Waals surface area contributed by atoms with Crippen molar-refractivity contribution in [2.24, 2.45) is 0 Å². The Kier molecular flexibility index (Phi) is 6.31. The second-order valence-corrected chi connectivity index (χ2v) is 6.83. The highest BCUT2D eigenvalue weighted by Gasteiger charge is 2.24. The topological polar surface area (TPSA) is 52.6 Å². The molecule has 25 heavy (non-hydrogen) atoms. The molecule has 0 heterocycles. The third-order valence-electron chi connectivity index (χ3n) is 3.44. The zero-order valence-corrected chi connectivity index (χ0v) is 14.8. The van der Waals surface area contributed by atoms with E-state index in [1.807, 2.05) is 33.3 Å². The highest BCUT2D eigenvalue weighted by atomic mass is 16.6. The fourth-order valence-corrected chi connectivity index (χ4v) is 2.35. The van der Waals surface area contributed by atoms with Gasteiger partial charge in [0.25, 0.3) is 0 Å². The molecule has 5 nitrogen and oxygen atoms in total. The zero-order valence-electron chi connectivity index (χ0n) is 14.8. The maximum atomic E-state index is 12.3. The number of nitrogens with zero attached hydrogens (tertiary/aromatic N) is 1. The van der Waals surface area contributed by atoms with Crippen molar-refractivity contribution in [3.63, 3.8) is 0 Å². The molecule has 0 fully saturated rings. The molecule has 0 spiro atoms. The van der Waals surface area contributed by atoms with Crippen molar-refractivity contribution in [1.29, 1.82) is 0 Å². The van der Waals surface area contributed by atoms with Gasteiger partial charge in [-0.3, -0.25) is 0 Å². The summed E-state index contributed by atoms with van der Waals surface area (Å²) in [6.07, 6.45) is -0.527. The first-order valence-electron chi connectivity index (χ1n) is 8.14. The molecule has 0 aliphatic heterocycles. The summed E-state index contributed by atoms with van der Waals surface area (Å²) in [5.41, 5.74) is 0.948. The molecule has 132 valence electrons. The number of benzene rings is 2. The fourth-order valence-electron chi connectivity index (χ4n) is 2.35. The van der Waals surface area contributed by atoms with Crippen LogP contribution in [0.25, 0.3) is 0 Å². The fraction of sp³-hybridized carbons (Fsp3) is 0.300. The summed E-state index contributed by atoms with van der Waals surface area (Å²) >= 11 is 0. The molecule has 0 bridgehead atoms. The van der Waals surface area contributed by atoms with Gasteiger partial charge in [-0.1, -0.05) is 36.4 Å². The van der Waals surface area contributed by atoms with Crippen molar-refractivity contribution in [1.82, 2.24) is 0 Å². The van der Waals surface area contributed by atoms with Gasteiger partial charge in [0.05, 0.1) is 32.3 Å². The van der Waals surface area contributed by atoms with E-state index < -0.39 is 18.0 Å². The van der Waals surface area contributed by atoms with Gasteiger partial charge in [0.1, 0.15) is 13.2 Å². The molecule has 2 aromatic rings. The number of rotatable bonds is 7. The molecule has 0 saturated heterocycles. The van der Waals surface area contributed by atoms with Gasteiger partial charge in [-0.25, -0.2) is 9.59 Å². The molecule has 2 rings (SSSR count). The molecule has 0 aliphatic rings. The number of likely N-dealkylation sites (N-methyl/N-ethyl adjacent to an activating group) is 1. The smallest absolute Gasteiger partial charge is 0.338 e. The number of hydrogen-bond donors (Lipinski definition) is 0. The van der Waals surface area contributed by atoms with Crippen LogP contribution >= 0.6 is 0 Å². The highest BCUT2D eigenvalue weighted by molar-refractivity contribution is 5.90. The Morgan fingerprint density at radius 1 is 0.840 bits per heavy atom. The van der Waals surface area contributed by atoms with Crippen LogP contribution in [0.15, 0.2) is 60.7 Å². The number of esters is 2. The Hall–Kier alpha value is -2.66. The van der Waals surface area contributed by atoms with E-state index in [0.717, 1.165) is 0 Å². The predicted molar refractivity (Wildman–Crippen MR) is 95.3 cm³/mol. The Morgan fingerprint density at radius 3 is 1.80 bits per heavy atom. The number of ether oxygens (including phenoxy) is 2. The molecule has 0 aromatic heterocycles. The summed E-state index contributed by atoms with van der Waals surface area (Å²) in [7, 11) is 5.97. The lowest BCUT2D eigenvalue weighted by atomic mass is 10.2. The van der Waals surface area contributed by atoms with Gasteiger partial charge in [0.15, 0.2) is 6.10 Å². The number of quaternary nitrogens is 1. The predicted octanol–water partition coefficient (Wildman–Crippen LogP) is 2.78. The van der Waals surface area contributed by atoms with Crippen LogP contribution in [0.3, 0.4) is 0 Å². The Balaban J connectivity index is 2.00. The van der Waals surface area contributed by atoms with Crippen molar-refractivity contribution in [2.45, 2.75) is 6.10 Å². The van der Waals surface area contributed by atoms with E-state index in [1.54, 1.807) is 48.5 Å². The average molecular weight is 342 g/mol. The van der Waals surface area contributed by atoms with E-state index in [4.69, 9.17) is 9.47 Å². The normalized spacial score (nSPS) is 12.3. The molecule has 0 N–H and O–H groups in total. The molecule has 2 aromatic carbocycles. The summed E-state index contributed by atoms with van der Waals surface area (Å²) < 4.78 is 11.5. The first-order chi connectivity index (χ1) is 11.8. The minimum absolute atomic E-state index is 0.0157. The monoisotopic (exact) mass is 342 g/mol. The van der Waals surface area contributed by atoms with Gasteiger partial charge in [0, 0.05) is 0 Å². The van der Waals surface area contributed by atoms with Gasteiger partial charge in [0.2, 0.25) is 0 Å². The molecule has 0 amide bonds. The van der Waals surface area contributed by atoms with Gasteiger partial charge < -0.3 is 14.0 Å². The van der Waals surface area contributed by atoms with E-state index in [-0.39, 0.29) is 6.61 Å². The van der Waals surface area contributed by atoms with Crippen LogP contribution in [0, 0.1) is 0 Å². The van der Waals surface area contributed by atoms with Crippen molar-refractivity contribution in [2.75, 3.05) is 34.3 Å². The lowest BCUT2D eigenvalue weighted by Crippen LogP contribution is -2.45. The number of hydrogen-bond acceptors (Lipinski definition) is 4. The summed E-state index contributed by atoms with van der Waals surface area (Å²) in [6, 6.07) is 17.5. The summed E-state index contributed by atoms with van der Waals surface area (Å²) in [6.45, 7) is 0.544. The van der Waals surface area contributed by atoms with Gasteiger partial charge in [-0.15, -0.1) is 0 Å². The standard InChI is InChI=1S/C20H24NO4/c1-21(2,3)14-18(25-20(23)17-12-8-5-9-13-17)15-24-19(22)16-10-6-4-7-11-16/h4-13,18H,14-15H2,1-3H3/q+1. The van der Waals surface area contributed by atoms with Crippen molar-refractivity contribution >= 4 is 11.9 Å². The Labute approximate surface area is 148 Å². The van der Waals surface area contributed by atoms with Crippen LogP contribution in [0.5, 0.6) is 0 Å². The summed E-state index contributed by atoms with van der Waals surface area (Å²) in [5.74, 6) is -0.849. The van der Waals surface area contributed by atoms with Crippen molar-refractivity contribution < 1.29 is 23.5 Å². The average Bonchev–Trinajstić information content (AvgIpc) is 2.59. The molecular formula is C20H24NO4+. The minimum atomic E-state index is -0.527. The van der Waals surface area contributed by atoms with Gasteiger partial charge in [-0.05, 0) is 24.3 Å². The van der Waals surface area contributed by atoms with Gasteiger partial charge >= 0.3 is 11.9 Å². The third kappa shape index (κ3) is 6.39. The van der Waals surface area contributed by atoms with Crippen molar-refractivity contribution in [3.05, 3.63) is 71.8 Å². The lowest BCUT2D eigenvalue weighted by Gasteiger charge is -2.28. The maximum Gasteiger partial charge on any atom is 0.338 e. The number of carbonyl (C=O) groups is 2. The number of carbonyl (C=O) groups excluding carboxylic acids is 2. The van der Waals surface area contributed by atoms with E-state index in [1.165, 1.54) is 0 Å². The minimum Gasteiger partial charge on any atom is -0.458 e.